The Balaban J connectivity index is 1.44. The summed E-state index contributed by atoms with van der Waals surface area (Å²) in [6.07, 6.45) is 1.44. The van der Waals surface area contributed by atoms with Crippen molar-refractivity contribution in [2.45, 2.75) is 6.92 Å². The summed E-state index contributed by atoms with van der Waals surface area (Å²) < 4.78 is 5.30. The van der Waals surface area contributed by atoms with E-state index in [2.05, 4.69) is 15.8 Å². The van der Waals surface area contributed by atoms with Crippen LogP contribution in [-0.2, 0) is 4.79 Å². The van der Waals surface area contributed by atoms with Gasteiger partial charge in [-0.15, -0.1) is 0 Å². The fourth-order valence-corrected chi connectivity index (χ4v) is 2.69. The number of aryl methyl sites for hydroxylation is 1. The number of ether oxygens (including phenoxy) is 1. The van der Waals surface area contributed by atoms with Gasteiger partial charge in [0, 0.05) is 10.6 Å². The van der Waals surface area contributed by atoms with Gasteiger partial charge in [0.05, 0.1) is 18.3 Å². The second-order valence-corrected chi connectivity index (χ2v) is 7.24. The van der Waals surface area contributed by atoms with Crippen LogP contribution in [0.25, 0.3) is 0 Å². The second-order valence-electron chi connectivity index (χ2n) is 6.81. The van der Waals surface area contributed by atoms with Gasteiger partial charge in [0.25, 0.3) is 11.8 Å². The van der Waals surface area contributed by atoms with Crippen LogP contribution < -0.4 is 15.5 Å². The number of carbonyl (C=O) groups is 3. The molecule has 2 amide bonds. The standard InChI is InChI=1S/C24H20ClN3O4/c1-16-2-6-18(7-3-16)23(30)26-15-22(29)28-27-14-17-4-12-21(13-5-17)32-24(31)19-8-10-20(25)11-9-19/h2-14H,15H2,1H3,(H,26,30)(H,28,29)/b27-14+. The molecule has 32 heavy (non-hydrogen) atoms. The molecule has 3 aromatic rings. The number of hydrogen-bond acceptors (Lipinski definition) is 5. The number of halogens is 1. The van der Waals surface area contributed by atoms with Gasteiger partial charge in [-0.05, 0) is 73.2 Å². The summed E-state index contributed by atoms with van der Waals surface area (Å²) in [6.45, 7) is 1.72. The highest BCUT2D eigenvalue weighted by molar-refractivity contribution is 6.30. The molecule has 2 N–H and O–H groups in total. The summed E-state index contributed by atoms with van der Waals surface area (Å²) in [5.74, 6) is -0.934. The zero-order valence-electron chi connectivity index (χ0n) is 17.2. The van der Waals surface area contributed by atoms with E-state index < -0.39 is 11.9 Å². The topological polar surface area (TPSA) is 96.9 Å². The van der Waals surface area contributed by atoms with Crippen molar-refractivity contribution < 1.29 is 19.1 Å². The van der Waals surface area contributed by atoms with Crippen molar-refractivity contribution in [3.05, 3.63) is 100 Å². The maximum absolute atomic E-state index is 12.1. The van der Waals surface area contributed by atoms with Crippen LogP contribution in [0.5, 0.6) is 5.75 Å². The zero-order chi connectivity index (χ0) is 22.9. The quantitative estimate of drug-likeness (QED) is 0.248. The van der Waals surface area contributed by atoms with E-state index in [0.29, 0.717) is 27.5 Å². The van der Waals surface area contributed by atoms with Gasteiger partial charge < -0.3 is 10.1 Å². The molecule has 162 valence electrons. The first-order valence-corrected chi connectivity index (χ1v) is 10.0. The lowest BCUT2D eigenvalue weighted by Crippen LogP contribution is -2.34. The number of esters is 1. The molecule has 0 saturated carbocycles. The van der Waals surface area contributed by atoms with Crippen molar-refractivity contribution in [3.8, 4) is 5.75 Å². The Morgan fingerprint density at radius 1 is 0.906 bits per heavy atom. The first-order valence-electron chi connectivity index (χ1n) is 9.65. The largest absolute Gasteiger partial charge is 0.423 e. The Morgan fingerprint density at radius 3 is 2.19 bits per heavy atom. The summed E-state index contributed by atoms with van der Waals surface area (Å²) in [5, 5.41) is 6.92. The minimum absolute atomic E-state index is 0.205. The van der Waals surface area contributed by atoms with Crippen LogP contribution in [0.1, 0.15) is 31.8 Å². The van der Waals surface area contributed by atoms with E-state index in [0.717, 1.165) is 5.56 Å². The highest BCUT2D eigenvalue weighted by Gasteiger charge is 2.09. The van der Waals surface area contributed by atoms with E-state index in [4.69, 9.17) is 16.3 Å². The lowest BCUT2D eigenvalue weighted by molar-refractivity contribution is -0.120. The van der Waals surface area contributed by atoms with Crippen molar-refractivity contribution in [1.82, 2.24) is 10.7 Å². The number of rotatable bonds is 7. The number of nitrogens with one attached hydrogen (secondary N) is 2. The number of benzene rings is 3. The van der Waals surface area contributed by atoms with Crippen LogP contribution in [0.3, 0.4) is 0 Å². The average Bonchev–Trinajstić information content (AvgIpc) is 2.79. The predicted octanol–water partition coefficient (Wildman–Crippen LogP) is 3.75. The Bertz CT molecular complexity index is 1130. The molecule has 0 aliphatic heterocycles. The van der Waals surface area contributed by atoms with Crippen LogP contribution in [0.15, 0.2) is 77.9 Å². The third kappa shape index (κ3) is 6.78. The number of carbonyl (C=O) groups excluding carboxylic acids is 3. The molecule has 0 aliphatic rings. The molecular weight excluding hydrogens is 430 g/mol. The summed E-state index contributed by atoms with van der Waals surface area (Å²) >= 11 is 5.81. The molecule has 8 heteroatoms. The third-order valence-corrected chi connectivity index (χ3v) is 4.55. The second kappa shape index (κ2) is 10.9. The minimum atomic E-state index is -0.497. The first-order chi connectivity index (χ1) is 15.4. The molecule has 0 bridgehead atoms. The van der Waals surface area contributed by atoms with Gasteiger partial charge in [0.15, 0.2) is 0 Å². The monoisotopic (exact) mass is 449 g/mol. The summed E-state index contributed by atoms with van der Waals surface area (Å²) in [4.78, 5) is 36.0. The van der Waals surface area contributed by atoms with Gasteiger partial charge in [-0.2, -0.15) is 5.10 Å². The lowest BCUT2D eigenvalue weighted by Gasteiger charge is -2.05. The van der Waals surface area contributed by atoms with Gasteiger partial charge in [-0.25, -0.2) is 10.2 Å². The van der Waals surface area contributed by atoms with Crippen molar-refractivity contribution in [3.63, 3.8) is 0 Å². The summed E-state index contributed by atoms with van der Waals surface area (Å²) in [5.41, 5.74) is 4.93. The zero-order valence-corrected chi connectivity index (χ0v) is 17.9. The Kier molecular flexibility index (Phi) is 7.72. The van der Waals surface area contributed by atoms with Crippen LogP contribution in [0.2, 0.25) is 5.02 Å². The maximum Gasteiger partial charge on any atom is 0.343 e. The Labute approximate surface area is 190 Å². The summed E-state index contributed by atoms with van der Waals surface area (Å²) in [6, 6.07) is 20.0. The molecule has 0 fully saturated rings. The van der Waals surface area contributed by atoms with Crippen LogP contribution in [-0.4, -0.2) is 30.5 Å². The molecule has 0 radical (unpaired) electrons. The van der Waals surface area contributed by atoms with E-state index in [1.807, 2.05) is 19.1 Å². The predicted molar refractivity (Wildman–Crippen MR) is 122 cm³/mol. The highest BCUT2D eigenvalue weighted by atomic mass is 35.5. The number of amides is 2. The van der Waals surface area contributed by atoms with Gasteiger partial charge in [0.1, 0.15) is 5.75 Å². The van der Waals surface area contributed by atoms with E-state index >= 15 is 0 Å². The molecule has 0 aliphatic carbocycles. The third-order valence-electron chi connectivity index (χ3n) is 4.30. The lowest BCUT2D eigenvalue weighted by atomic mass is 10.1. The highest BCUT2D eigenvalue weighted by Crippen LogP contribution is 2.15. The van der Waals surface area contributed by atoms with E-state index in [1.54, 1.807) is 60.7 Å². The van der Waals surface area contributed by atoms with Crippen molar-refractivity contribution in [1.29, 1.82) is 0 Å². The van der Waals surface area contributed by atoms with Crippen molar-refractivity contribution in [2.75, 3.05) is 6.54 Å². The van der Waals surface area contributed by atoms with Gasteiger partial charge >= 0.3 is 5.97 Å². The Hall–Kier alpha value is -3.97. The fraction of sp³-hybridized carbons (Fsp3) is 0.0833. The maximum atomic E-state index is 12.1. The molecule has 0 spiro atoms. The molecule has 0 heterocycles. The molecule has 7 nitrogen and oxygen atoms in total. The number of hydrogen-bond donors (Lipinski definition) is 2. The molecule has 0 aromatic heterocycles. The molecule has 0 atom stereocenters. The average molecular weight is 450 g/mol. The van der Waals surface area contributed by atoms with Crippen molar-refractivity contribution in [2.24, 2.45) is 5.10 Å². The SMILES string of the molecule is Cc1ccc(C(=O)NCC(=O)N/N=C/c2ccc(OC(=O)c3ccc(Cl)cc3)cc2)cc1. The van der Waals surface area contributed by atoms with Crippen LogP contribution in [0, 0.1) is 6.92 Å². The molecular formula is C24H20ClN3O4. The molecule has 0 saturated heterocycles. The van der Waals surface area contributed by atoms with E-state index in [9.17, 15) is 14.4 Å². The van der Waals surface area contributed by atoms with Crippen LogP contribution in [0.4, 0.5) is 0 Å². The first kappa shape index (κ1) is 22.7. The van der Waals surface area contributed by atoms with Crippen molar-refractivity contribution >= 4 is 35.6 Å². The number of hydrazone groups is 1. The number of nitrogens with zero attached hydrogens (tertiary/aromatic N) is 1. The molecule has 3 rings (SSSR count). The molecule has 3 aromatic carbocycles. The normalized spacial score (nSPS) is 10.6. The van der Waals surface area contributed by atoms with E-state index in [-0.39, 0.29) is 12.5 Å². The van der Waals surface area contributed by atoms with E-state index in [1.165, 1.54) is 6.21 Å². The smallest absolute Gasteiger partial charge is 0.343 e. The van der Waals surface area contributed by atoms with Gasteiger partial charge in [0.2, 0.25) is 0 Å². The Morgan fingerprint density at radius 2 is 1.53 bits per heavy atom. The fourth-order valence-electron chi connectivity index (χ4n) is 2.56. The minimum Gasteiger partial charge on any atom is -0.423 e. The van der Waals surface area contributed by atoms with Crippen LogP contribution >= 0.6 is 11.6 Å². The molecule has 0 unspecified atom stereocenters. The van der Waals surface area contributed by atoms with Gasteiger partial charge in [-0.1, -0.05) is 29.3 Å². The van der Waals surface area contributed by atoms with Gasteiger partial charge in [-0.3, -0.25) is 9.59 Å². The summed E-state index contributed by atoms with van der Waals surface area (Å²) in [7, 11) is 0.